The molecule has 0 bridgehead atoms. The summed E-state index contributed by atoms with van der Waals surface area (Å²) in [6.45, 7) is 4.95. The maximum atomic E-state index is 16.6. The lowest BCUT2D eigenvalue weighted by atomic mass is 10.0. The lowest BCUT2D eigenvalue weighted by molar-refractivity contribution is -0.131. The quantitative estimate of drug-likeness (QED) is 0.250. The van der Waals surface area contributed by atoms with Gasteiger partial charge in [0.2, 0.25) is 0 Å². The summed E-state index contributed by atoms with van der Waals surface area (Å²) < 4.78 is 36.4. The number of aromatic nitrogens is 3. The van der Waals surface area contributed by atoms with Crippen molar-refractivity contribution in [3.8, 4) is 23.3 Å². The number of fused-ring (bicyclic) bond motifs is 2. The average molecular weight is 618 g/mol. The summed E-state index contributed by atoms with van der Waals surface area (Å²) >= 11 is 6.56. The van der Waals surface area contributed by atoms with E-state index in [2.05, 4.69) is 32.5 Å². The number of piperazine rings is 1. The minimum absolute atomic E-state index is 0.00674. The Balaban J connectivity index is 1.45. The van der Waals surface area contributed by atoms with Gasteiger partial charge in [-0.3, -0.25) is 9.78 Å². The molecule has 226 valence electrons. The van der Waals surface area contributed by atoms with Gasteiger partial charge in [-0.2, -0.15) is 15.2 Å². The first-order chi connectivity index (χ1) is 21.3. The second kappa shape index (κ2) is 12.3. The van der Waals surface area contributed by atoms with Crippen LogP contribution in [0.3, 0.4) is 0 Å². The Hall–Kier alpha value is -4.40. The highest BCUT2D eigenvalue weighted by Gasteiger charge is 2.34. The fourth-order valence-electron chi connectivity index (χ4n) is 6.12. The van der Waals surface area contributed by atoms with Crippen molar-refractivity contribution < 1.29 is 18.3 Å². The highest BCUT2D eigenvalue weighted by molar-refractivity contribution is 6.36. The average Bonchev–Trinajstić information content (AvgIpc) is 3.44. The Morgan fingerprint density at radius 3 is 2.70 bits per heavy atom. The molecule has 1 amide bonds. The number of anilines is 1. The third-order valence-electron chi connectivity index (χ3n) is 8.43. The Kier molecular flexibility index (Phi) is 8.29. The zero-order valence-corrected chi connectivity index (χ0v) is 24.9. The lowest BCUT2D eigenvalue weighted by Crippen LogP contribution is -2.55. The van der Waals surface area contributed by atoms with Crippen LogP contribution in [0.2, 0.25) is 5.02 Å². The van der Waals surface area contributed by atoms with Crippen molar-refractivity contribution in [3.05, 3.63) is 65.8 Å². The van der Waals surface area contributed by atoms with Gasteiger partial charge in [-0.25, -0.2) is 8.78 Å². The number of hydrogen-bond acceptors (Lipinski definition) is 8. The number of pyridine rings is 1. The van der Waals surface area contributed by atoms with Crippen LogP contribution >= 0.6 is 11.6 Å². The number of nitrogens with zero attached hydrogens (tertiary/aromatic N) is 7. The molecule has 44 heavy (non-hydrogen) atoms. The number of amides is 1. The largest absolute Gasteiger partial charge is 0.462 e. The molecular weight excluding hydrogens is 588 g/mol. The molecule has 0 N–H and O–H groups in total. The third-order valence-corrected chi connectivity index (χ3v) is 8.75. The minimum Gasteiger partial charge on any atom is -0.462 e. The number of carbonyl (C=O) groups is 1. The Morgan fingerprint density at radius 2 is 1.98 bits per heavy atom. The monoisotopic (exact) mass is 617 g/mol. The van der Waals surface area contributed by atoms with E-state index in [1.54, 1.807) is 12.1 Å². The van der Waals surface area contributed by atoms with E-state index < -0.39 is 23.6 Å². The van der Waals surface area contributed by atoms with Crippen LogP contribution < -0.4 is 9.64 Å². The standard InChI is InChI=1S/C32H30ClF2N7O2/c1-19(34)31(43)42-15-14-41(17-21(42)11-12-36)30-24-16-37-28(23-9-3-6-20-7-4-10-25(33)26(20)23)27(35)29(24)38-32(39-30)44-18-22-8-5-13-40(22)2/h3-4,6-7,9-10,16,21-22H,1,5,8,11,13-15,17-18H2,2H3/t21?,22-/m0/s1. The van der Waals surface area contributed by atoms with Gasteiger partial charge in [0, 0.05) is 47.8 Å². The number of likely N-dealkylation sites (N-methyl/N-ethyl adjacent to an activating group) is 1. The van der Waals surface area contributed by atoms with Crippen LogP contribution in [0.15, 0.2) is 55.0 Å². The van der Waals surface area contributed by atoms with E-state index in [1.165, 1.54) is 11.1 Å². The number of ether oxygens (including phenoxy) is 1. The van der Waals surface area contributed by atoms with Crippen LogP contribution in [0, 0.1) is 17.1 Å². The van der Waals surface area contributed by atoms with Crippen molar-refractivity contribution in [1.29, 1.82) is 5.26 Å². The molecule has 1 unspecified atom stereocenters. The van der Waals surface area contributed by atoms with Gasteiger partial charge in [-0.15, -0.1) is 0 Å². The van der Waals surface area contributed by atoms with Gasteiger partial charge in [0.15, 0.2) is 11.6 Å². The molecule has 2 aliphatic rings. The van der Waals surface area contributed by atoms with E-state index in [1.807, 2.05) is 36.2 Å². The SMILES string of the molecule is C=C(F)C(=O)N1CCN(c2nc(OC[C@@H]3CCCN3C)nc3c(F)c(-c4cccc5cccc(Cl)c45)ncc23)CC1CC#N. The summed E-state index contributed by atoms with van der Waals surface area (Å²) in [5.41, 5.74) is 0.628. The highest BCUT2D eigenvalue weighted by Crippen LogP contribution is 2.37. The fraction of sp³-hybridized carbons (Fsp3) is 0.344. The van der Waals surface area contributed by atoms with Crippen LogP contribution in [0.4, 0.5) is 14.6 Å². The van der Waals surface area contributed by atoms with Crippen molar-refractivity contribution >= 4 is 45.0 Å². The number of carbonyl (C=O) groups excluding carboxylic acids is 1. The Bertz CT molecular complexity index is 1810. The smallest absolute Gasteiger partial charge is 0.319 e. The predicted molar refractivity (Wildman–Crippen MR) is 165 cm³/mol. The van der Waals surface area contributed by atoms with Crippen LogP contribution in [-0.2, 0) is 4.79 Å². The van der Waals surface area contributed by atoms with Gasteiger partial charge in [0.1, 0.15) is 23.6 Å². The zero-order chi connectivity index (χ0) is 31.0. The van der Waals surface area contributed by atoms with Crippen LogP contribution in [0.1, 0.15) is 19.3 Å². The van der Waals surface area contributed by atoms with Crippen LogP contribution in [0.5, 0.6) is 6.01 Å². The normalized spacial score (nSPS) is 19.0. The fourth-order valence-corrected chi connectivity index (χ4v) is 6.40. The number of nitriles is 1. The molecule has 12 heteroatoms. The number of likely N-dealkylation sites (tertiary alicyclic amines) is 1. The molecule has 2 saturated heterocycles. The van der Waals surface area contributed by atoms with Crippen molar-refractivity contribution in [2.75, 3.05) is 44.7 Å². The van der Waals surface area contributed by atoms with E-state index in [4.69, 9.17) is 16.3 Å². The topological polar surface area (TPSA) is 98.5 Å². The Labute approximate surface area is 258 Å². The van der Waals surface area contributed by atoms with Gasteiger partial charge in [0.05, 0.1) is 23.9 Å². The first kappa shape index (κ1) is 29.7. The predicted octanol–water partition coefficient (Wildman–Crippen LogP) is 5.52. The lowest BCUT2D eigenvalue weighted by Gasteiger charge is -2.41. The van der Waals surface area contributed by atoms with Crippen molar-refractivity contribution in [3.63, 3.8) is 0 Å². The number of hydrogen-bond donors (Lipinski definition) is 0. The van der Waals surface area contributed by atoms with Gasteiger partial charge < -0.3 is 19.4 Å². The molecule has 2 aliphatic heterocycles. The van der Waals surface area contributed by atoms with Crippen molar-refractivity contribution in [1.82, 2.24) is 24.8 Å². The molecule has 6 rings (SSSR count). The maximum absolute atomic E-state index is 16.6. The van der Waals surface area contributed by atoms with Gasteiger partial charge >= 0.3 is 6.01 Å². The number of halogens is 3. The first-order valence-electron chi connectivity index (χ1n) is 14.4. The minimum atomic E-state index is -1.09. The number of rotatable bonds is 7. The van der Waals surface area contributed by atoms with Gasteiger partial charge in [0.25, 0.3) is 5.91 Å². The van der Waals surface area contributed by atoms with E-state index in [0.717, 1.165) is 24.8 Å². The maximum Gasteiger partial charge on any atom is 0.319 e. The molecule has 2 atom stereocenters. The molecule has 4 aromatic rings. The highest BCUT2D eigenvalue weighted by atomic mass is 35.5. The van der Waals surface area contributed by atoms with Crippen LogP contribution in [-0.4, -0.2) is 82.6 Å². The second-order valence-corrected chi connectivity index (χ2v) is 11.5. The van der Waals surface area contributed by atoms with E-state index in [-0.39, 0.29) is 49.3 Å². The summed E-state index contributed by atoms with van der Waals surface area (Å²) in [4.78, 5) is 31.5. The second-order valence-electron chi connectivity index (χ2n) is 11.1. The molecule has 0 aliphatic carbocycles. The van der Waals surface area contributed by atoms with E-state index in [9.17, 15) is 14.4 Å². The Morgan fingerprint density at radius 1 is 1.18 bits per heavy atom. The molecule has 2 fully saturated rings. The first-order valence-corrected chi connectivity index (χ1v) is 14.8. The summed E-state index contributed by atoms with van der Waals surface area (Å²) in [7, 11) is 2.03. The zero-order valence-electron chi connectivity index (χ0n) is 24.1. The summed E-state index contributed by atoms with van der Waals surface area (Å²) in [6, 6.07) is 12.6. The molecule has 0 spiro atoms. The summed E-state index contributed by atoms with van der Waals surface area (Å²) in [5.74, 6) is -2.24. The number of benzene rings is 2. The van der Waals surface area contributed by atoms with Crippen molar-refractivity contribution in [2.45, 2.75) is 31.3 Å². The van der Waals surface area contributed by atoms with E-state index >= 15 is 4.39 Å². The van der Waals surface area contributed by atoms with Crippen LogP contribution in [0.25, 0.3) is 32.9 Å². The van der Waals surface area contributed by atoms with Gasteiger partial charge in [-0.1, -0.05) is 48.5 Å². The summed E-state index contributed by atoms with van der Waals surface area (Å²) in [5, 5.41) is 11.8. The molecule has 0 saturated carbocycles. The third kappa shape index (κ3) is 5.51. The summed E-state index contributed by atoms with van der Waals surface area (Å²) in [6.07, 6.45) is 3.51. The van der Waals surface area contributed by atoms with E-state index in [0.29, 0.717) is 33.8 Å². The van der Waals surface area contributed by atoms with Crippen molar-refractivity contribution in [2.24, 2.45) is 0 Å². The molecular formula is C32H30ClF2N7O2. The molecule has 4 heterocycles. The molecule has 2 aromatic carbocycles. The molecule has 9 nitrogen and oxygen atoms in total. The molecule has 2 aromatic heterocycles. The van der Waals surface area contributed by atoms with Gasteiger partial charge in [-0.05, 0) is 37.9 Å². The molecule has 0 radical (unpaired) electrons.